The molecule has 3 rings (SSSR count). The summed E-state index contributed by atoms with van der Waals surface area (Å²) in [5.41, 5.74) is 3.45. The van der Waals surface area contributed by atoms with Gasteiger partial charge >= 0.3 is 0 Å². The van der Waals surface area contributed by atoms with Crippen LogP contribution in [-0.4, -0.2) is 9.55 Å². The molecule has 126 valence electrons. The van der Waals surface area contributed by atoms with Gasteiger partial charge in [-0.1, -0.05) is 74.5 Å². The van der Waals surface area contributed by atoms with E-state index in [4.69, 9.17) is 16.6 Å². The molecule has 0 bridgehead atoms. The number of hydrogen-bond donors (Lipinski definition) is 0. The Morgan fingerprint density at radius 1 is 0.917 bits per heavy atom. The average Bonchev–Trinajstić information content (AvgIpc) is 2.94. The Kier molecular flexibility index (Phi) is 5.92. The van der Waals surface area contributed by atoms with Gasteiger partial charge in [-0.2, -0.15) is 0 Å². The lowest BCUT2D eigenvalue weighted by Gasteiger charge is -2.10. The lowest BCUT2D eigenvalue weighted by atomic mass is 10.1. The van der Waals surface area contributed by atoms with E-state index in [1.54, 1.807) is 0 Å². The van der Waals surface area contributed by atoms with E-state index in [9.17, 15) is 0 Å². The van der Waals surface area contributed by atoms with Gasteiger partial charge in [0.2, 0.25) is 0 Å². The highest BCUT2D eigenvalue weighted by Crippen LogP contribution is 2.23. The second-order valence-corrected chi connectivity index (χ2v) is 6.76. The van der Waals surface area contributed by atoms with Gasteiger partial charge in [-0.3, -0.25) is 0 Å². The minimum Gasteiger partial charge on any atom is -0.328 e. The zero-order valence-corrected chi connectivity index (χ0v) is 15.1. The minimum absolute atomic E-state index is 0.781. The fraction of sp³-hybridized carbons (Fsp3) is 0.381. The first-order valence-electron chi connectivity index (χ1n) is 8.97. The standard InChI is InChI=1S/C21H25ClN2/c1-2-3-4-5-10-15-24-20-14-9-8-13-19(20)23-21(24)16-17-11-6-7-12-18(17)22/h6-9,11-14H,2-5,10,15-16H2,1H3. The van der Waals surface area contributed by atoms with Crippen LogP contribution in [0.2, 0.25) is 5.02 Å². The maximum atomic E-state index is 6.35. The molecule has 2 aromatic carbocycles. The Bertz CT molecular complexity index is 791. The molecule has 1 aromatic heterocycles. The van der Waals surface area contributed by atoms with E-state index in [-0.39, 0.29) is 0 Å². The summed E-state index contributed by atoms with van der Waals surface area (Å²) >= 11 is 6.35. The van der Waals surface area contributed by atoms with Crippen LogP contribution in [0, 0.1) is 0 Å². The third kappa shape index (κ3) is 3.99. The van der Waals surface area contributed by atoms with Crippen LogP contribution < -0.4 is 0 Å². The summed E-state index contributed by atoms with van der Waals surface area (Å²) < 4.78 is 2.38. The van der Waals surface area contributed by atoms with Crippen molar-refractivity contribution in [1.82, 2.24) is 9.55 Å². The molecule has 0 aliphatic rings. The maximum absolute atomic E-state index is 6.35. The van der Waals surface area contributed by atoms with Crippen LogP contribution in [0.5, 0.6) is 0 Å². The van der Waals surface area contributed by atoms with Gasteiger partial charge in [-0.15, -0.1) is 0 Å². The molecule has 2 nitrogen and oxygen atoms in total. The van der Waals surface area contributed by atoms with Gasteiger partial charge in [0.25, 0.3) is 0 Å². The fourth-order valence-electron chi connectivity index (χ4n) is 3.20. The highest BCUT2D eigenvalue weighted by molar-refractivity contribution is 6.31. The van der Waals surface area contributed by atoms with Crippen LogP contribution in [0.3, 0.4) is 0 Å². The van der Waals surface area contributed by atoms with Gasteiger partial charge in [-0.25, -0.2) is 4.98 Å². The van der Waals surface area contributed by atoms with Crippen LogP contribution in [-0.2, 0) is 13.0 Å². The number of aromatic nitrogens is 2. The third-order valence-electron chi connectivity index (χ3n) is 4.53. The van der Waals surface area contributed by atoms with E-state index >= 15 is 0 Å². The Labute approximate surface area is 149 Å². The van der Waals surface area contributed by atoms with Crippen LogP contribution >= 0.6 is 11.6 Å². The molecule has 0 radical (unpaired) electrons. The largest absolute Gasteiger partial charge is 0.328 e. The van der Waals surface area contributed by atoms with Gasteiger partial charge in [-0.05, 0) is 30.2 Å². The van der Waals surface area contributed by atoms with E-state index < -0.39 is 0 Å². The number of benzene rings is 2. The van der Waals surface area contributed by atoms with Crippen molar-refractivity contribution in [1.29, 1.82) is 0 Å². The quantitative estimate of drug-likeness (QED) is 0.443. The van der Waals surface area contributed by atoms with E-state index in [1.165, 1.54) is 37.6 Å². The Morgan fingerprint density at radius 3 is 2.50 bits per heavy atom. The molecule has 0 unspecified atom stereocenters. The Hall–Kier alpha value is -1.80. The van der Waals surface area contributed by atoms with E-state index in [0.717, 1.165) is 34.9 Å². The molecule has 0 atom stereocenters. The van der Waals surface area contributed by atoms with Crippen LogP contribution in [0.4, 0.5) is 0 Å². The molecule has 0 spiro atoms. The summed E-state index contributed by atoms with van der Waals surface area (Å²) in [5, 5.41) is 0.819. The molecule has 0 amide bonds. The SMILES string of the molecule is CCCCCCCn1c(Cc2ccccc2Cl)nc2ccccc21. The lowest BCUT2D eigenvalue weighted by Crippen LogP contribution is -2.05. The summed E-state index contributed by atoms with van der Waals surface area (Å²) in [6.07, 6.45) is 7.21. The van der Waals surface area contributed by atoms with Gasteiger partial charge in [0.05, 0.1) is 11.0 Å². The van der Waals surface area contributed by atoms with E-state index in [0.29, 0.717) is 0 Å². The number of imidazole rings is 1. The molecule has 0 saturated carbocycles. The van der Waals surface area contributed by atoms with Crippen molar-refractivity contribution in [2.24, 2.45) is 0 Å². The summed E-state index contributed by atoms with van der Waals surface area (Å²) in [6, 6.07) is 16.5. The Morgan fingerprint density at radius 2 is 1.67 bits per heavy atom. The number of unbranched alkanes of at least 4 members (excludes halogenated alkanes) is 4. The van der Waals surface area contributed by atoms with E-state index in [2.05, 4.69) is 41.8 Å². The van der Waals surface area contributed by atoms with Crippen molar-refractivity contribution < 1.29 is 0 Å². The molecule has 3 heteroatoms. The molecule has 3 aromatic rings. The maximum Gasteiger partial charge on any atom is 0.114 e. The summed E-state index contributed by atoms with van der Waals surface area (Å²) in [4.78, 5) is 4.87. The predicted molar refractivity (Wildman–Crippen MR) is 103 cm³/mol. The first-order valence-corrected chi connectivity index (χ1v) is 9.35. The molecule has 0 saturated heterocycles. The zero-order chi connectivity index (χ0) is 16.8. The number of para-hydroxylation sites is 2. The summed E-state index contributed by atoms with van der Waals surface area (Å²) in [6.45, 7) is 3.29. The first-order chi connectivity index (χ1) is 11.8. The second-order valence-electron chi connectivity index (χ2n) is 6.35. The van der Waals surface area contributed by atoms with Crippen molar-refractivity contribution in [2.75, 3.05) is 0 Å². The molecule has 0 N–H and O–H groups in total. The molecule has 24 heavy (non-hydrogen) atoms. The Balaban J connectivity index is 1.83. The molecular formula is C21H25ClN2. The summed E-state index contributed by atoms with van der Waals surface area (Å²) in [5.74, 6) is 1.11. The van der Waals surface area contributed by atoms with Gasteiger partial charge in [0, 0.05) is 18.0 Å². The molecule has 0 aliphatic heterocycles. The van der Waals surface area contributed by atoms with Crippen molar-refractivity contribution in [3.63, 3.8) is 0 Å². The number of hydrogen-bond acceptors (Lipinski definition) is 1. The highest BCUT2D eigenvalue weighted by atomic mass is 35.5. The monoisotopic (exact) mass is 340 g/mol. The number of halogens is 1. The molecular weight excluding hydrogens is 316 g/mol. The minimum atomic E-state index is 0.781. The number of nitrogens with zero attached hydrogens (tertiary/aromatic N) is 2. The third-order valence-corrected chi connectivity index (χ3v) is 4.89. The normalized spacial score (nSPS) is 11.2. The smallest absolute Gasteiger partial charge is 0.114 e. The first kappa shape index (κ1) is 17.0. The predicted octanol–water partition coefficient (Wildman–Crippen LogP) is 6.25. The van der Waals surface area contributed by atoms with Crippen molar-refractivity contribution in [2.45, 2.75) is 52.0 Å². The number of fused-ring (bicyclic) bond motifs is 1. The van der Waals surface area contributed by atoms with Crippen LogP contribution in [0.1, 0.15) is 50.4 Å². The van der Waals surface area contributed by atoms with Gasteiger partial charge in [0.15, 0.2) is 0 Å². The van der Waals surface area contributed by atoms with Crippen molar-refractivity contribution in [3.05, 3.63) is 64.9 Å². The van der Waals surface area contributed by atoms with Crippen LogP contribution in [0.15, 0.2) is 48.5 Å². The van der Waals surface area contributed by atoms with Gasteiger partial charge in [0.1, 0.15) is 5.82 Å². The molecule has 0 fully saturated rings. The fourth-order valence-corrected chi connectivity index (χ4v) is 3.40. The lowest BCUT2D eigenvalue weighted by molar-refractivity contribution is 0.565. The summed E-state index contributed by atoms with van der Waals surface area (Å²) in [7, 11) is 0. The van der Waals surface area contributed by atoms with Gasteiger partial charge < -0.3 is 4.57 Å². The molecule has 1 heterocycles. The van der Waals surface area contributed by atoms with Crippen molar-refractivity contribution in [3.8, 4) is 0 Å². The zero-order valence-electron chi connectivity index (χ0n) is 14.3. The average molecular weight is 341 g/mol. The molecule has 0 aliphatic carbocycles. The topological polar surface area (TPSA) is 17.8 Å². The van der Waals surface area contributed by atoms with Crippen molar-refractivity contribution >= 4 is 22.6 Å². The highest BCUT2D eigenvalue weighted by Gasteiger charge is 2.12. The second kappa shape index (κ2) is 8.34. The van der Waals surface area contributed by atoms with E-state index in [1.807, 2.05) is 18.2 Å². The number of rotatable bonds is 8. The van der Waals surface area contributed by atoms with Crippen LogP contribution in [0.25, 0.3) is 11.0 Å². The number of aryl methyl sites for hydroxylation is 1.